The Morgan fingerprint density at radius 2 is 2.00 bits per heavy atom. The molecule has 0 bridgehead atoms. The van der Waals surface area contributed by atoms with Gasteiger partial charge in [-0.2, -0.15) is 0 Å². The highest BCUT2D eigenvalue weighted by atomic mass is 32.1. The van der Waals surface area contributed by atoms with Gasteiger partial charge in [-0.3, -0.25) is 4.79 Å². The van der Waals surface area contributed by atoms with E-state index >= 15 is 0 Å². The first-order chi connectivity index (χ1) is 14.5. The number of hydrogen-bond acceptors (Lipinski definition) is 6. The van der Waals surface area contributed by atoms with Crippen LogP contribution in [0.3, 0.4) is 0 Å². The number of rotatable bonds is 5. The van der Waals surface area contributed by atoms with Crippen molar-refractivity contribution < 1.29 is 23.5 Å². The van der Waals surface area contributed by atoms with Crippen LogP contribution < -0.4 is 10.6 Å². The monoisotopic (exact) mass is 433 g/mol. The first kappa shape index (κ1) is 20.7. The highest BCUT2D eigenvalue weighted by molar-refractivity contribution is 7.15. The molecule has 1 saturated heterocycles. The van der Waals surface area contributed by atoms with Gasteiger partial charge in [0, 0.05) is 36.3 Å². The van der Waals surface area contributed by atoms with Gasteiger partial charge in [0.2, 0.25) is 5.91 Å². The van der Waals surface area contributed by atoms with E-state index in [0.717, 1.165) is 35.6 Å². The number of aromatic nitrogens is 1. The van der Waals surface area contributed by atoms with Gasteiger partial charge < -0.3 is 20.1 Å². The van der Waals surface area contributed by atoms with Crippen molar-refractivity contribution in [1.29, 1.82) is 0 Å². The summed E-state index contributed by atoms with van der Waals surface area (Å²) in [5.41, 5.74) is 0.911. The van der Waals surface area contributed by atoms with Crippen LogP contribution in [0.1, 0.15) is 43.5 Å². The number of nitrogens with one attached hydrogen (secondary N) is 2. The van der Waals surface area contributed by atoms with Crippen LogP contribution >= 0.6 is 11.3 Å². The molecule has 0 spiro atoms. The SMILES string of the molecule is CC(=O)Nc1ccc(-c2cnc(C3CCC(NC(=O)OC4COC4)CC3)s2)c(F)c1. The fourth-order valence-corrected chi connectivity index (χ4v) is 4.83. The van der Waals surface area contributed by atoms with Crippen LogP contribution in [-0.4, -0.2) is 42.3 Å². The molecule has 160 valence electrons. The third-order valence-electron chi connectivity index (χ3n) is 5.36. The molecule has 0 radical (unpaired) electrons. The normalized spacial score (nSPS) is 21.5. The number of alkyl carbamates (subject to hydrolysis) is 1. The lowest BCUT2D eigenvalue weighted by atomic mass is 9.86. The molecule has 1 saturated carbocycles. The molecule has 2 aromatic rings. The fraction of sp³-hybridized carbons (Fsp3) is 0.476. The van der Waals surface area contributed by atoms with E-state index in [1.54, 1.807) is 18.3 Å². The maximum Gasteiger partial charge on any atom is 0.407 e. The lowest BCUT2D eigenvalue weighted by Crippen LogP contribution is -2.44. The second kappa shape index (κ2) is 9.09. The Morgan fingerprint density at radius 1 is 1.23 bits per heavy atom. The number of amides is 2. The summed E-state index contributed by atoms with van der Waals surface area (Å²) >= 11 is 1.50. The molecular weight excluding hydrogens is 409 g/mol. The van der Waals surface area contributed by atoms with E-state index in [1.165, 1.54) is 24.3 Å². The van der Waals surface area contributed by atoms with Crippen molar-refractivity contribution in [3.8, 4) is 10.4 Å². The molecule has 7 nitrogen and oxygen atoms in total. The van der Waals surface area contributed by atoms with E-state index in [9.17, 15) is 14.0 Å². The average molecular weight is 434 g/mol. The number of halogens is 1. The number of carbonyl (C=O) groups excluding carboxylic acids is 2. The number of anilines is 1. The van der Waals surface area contributed by atoms with Gasteiger partial charge in [0.15, 0.2) is 6.10 Å². The molecule has 0 unspecified atom stereocenters. The van der Waals surface area contributed by atoms with Gasteiger partial charge in [-0.1, -0.05) is 0 Å². The summed E-state index contributed by atoms with van der Waals surface area (Å²) in [6.45, 7) is 2.34. The average Bonchev–Trinajstić information content (AvgIpc) is 3.15. The molecule has 1 aliphatic heterocycles. The maximum absolute atomic E-state index is 14.5. The summed E-state index contributed by atoms with van der Waals surface area (Å²) in [4.78, 5) is 28.3. The van der Waals surface area contributed by atoms with E-state index in [1.807, 2.05) is 0 Å². The number of ether oxygens (including phenoxy) is 2. The molecule has 1 aromatic carbocycles. The third kappa shape index (κ3) is 4.96. The molecule has 0 atom stereocenters. The quantitative estimate of drug-likeness (QED) is 0.742. The maximum atomic E-state index is 14.5. The van der Waals surface area contributed by atoms with Gasteiger partial charge in [-0.05, 0) is 43.9 Å². The van der Waals surface area contributed by atoms with Gasteiger partial charge in [-0.15, -0.1) is 11.3 Å². The smallest absolute Gasteiger partial charge is 0.407 e. The number of hydrogen-bond donors (Lipinski definition) is 2. The van der Waals surface area contributed by atoms with Gasteiger partial charge >= 0.3 is 6.09 Å². The van der Waals surface area contributed by atoms with Crippen LogP contribution in [0.5, 0.6) is 0 Å². The molecule has 2 amide bonds. The van der Waals surface area contributed by atoms with E-state index in [-0.39, 0.29) is 30.0 Å². The molecule has 2 fully saturated rings. The minimum absolute atomic E-state index is 0.105. The molecule has 2 heterocycles. The van der Waals surface area contributed by atoms with Crippen molar-refractivity contribution >= 4 is 29.0 Å². The number of benzene rings is 1. The van der Waals surface area contributed by atoms with Crippen LogP contribution in [0.15, 0.2) is 24.4 Å². The molecule has 30 heavy (non-hydrogen) atoms. The van der Waals surface area contributed by atoms with Crippen LogP contribution in [0, 0.1) is 5.82 Å². The fourth-order valence-electron chi connectivity index (χ4n) is 3.72. The summed E-state index contributed by atoms with van der Waals surface area (Å²) in [7, 11) is 0. The minimum Gasteiger partial charge on any atom is -0.441 e. The van der Waals surface area contributed by atoms with E-state index in [2.05, 4.69) is 15.6 Å². The summed E-state index contributed by atoms with van der Waals surface area (Å²) in [5.74, 6) is -0.322. The summed E-state index contributed by atoms with van der Waals surface area (Å²) < 4.78 is 24.7. The minimum atomic E-state index is -0.389. The standard InChI is InChI=1S/C21H24FN3O4S/c1-12(26)24-15-6-7-17(18(22)8-15)19-9-23-20(30-19)13-2-4-14(5-3-13)25-21(27)29-16-10-28-11-16/h6-9,13-14,16H,2-5,10-11H2,1H3,(H,24,26)(H,25,27). The summed E-state index contributed by atoms with van der Waals surface area (Å²) in [6, 6.07) is 4.78. The molecular formula is C21H24FN3O4S. The molecule has 2 aliphatic rings. The lowest BCUT2D eigenvalue weighted by Gasteiger charge is -2.30. The molecule has 2 N–H and O–H groups in total. The second-order valence-electron chi connectivity index (χ2n) is 7.70. The number of nitrogens with zero attached hydrogens (tertiary/aromatic N) is 1. The zero-order chi connectivity index (χ0) is 21.1. The largest absolute Gasteiger partial charge is 0.441 e. The van der Waals surface area contributed by atoms with Crippen LogP contribution in [0.25, 0.3) is 10.4 Å². The molecule has 1 aliphatic carbocycles. The second-order valence-corrected chi connectivity index (χ2v) is 8.76. The van der Waals surface area contributed by atoms with Crippen molar-refractivity contribution in [3.05, 3.63) is 35.2 Å². The van der Waals surface area contributed by atoms with Crippen molar-refractivity contribution in [1.82, 2.24) is 10.3 Å². The Labute approximate surface area is 178 Å². The van der Waals surface area contributed by atoms with Crippen molar-refractivity contribution in [2.75, 3.05) is 18.5 Å². The Kier molecular flexibility index (Phi) is 6.29. The Balaban J connectivity index is 1.32. The predicted octanol–water partition coefficient (Wildman–Crippen LogP) is 4.06. The Morgan fingerprint density at radius 3 is 2.63 bits per heavy atom. The highest BCUT2D eigenvalue weighted by Gasteiger charge is 2.28. The Hall–Kier alpha value is -2.52. The van der Waals surface area contributed by atoms with E-state index < -0.39 is 0 Å². The highest BCUT2D eigenvalue weighted by Crippen LogP contribution is 2.38. The zero-order valence-electron chi connectivity index (χ0n) is 16.7. The third-order valence-corrected chi connectivity index (χ3v) is 6.55. The molecule has 4 rings (SSSR count). The topological polar surface area (TPSA) is 89.6 Å². The summed E-state index contributed by atoms with van der Waals surface area (Å²) in [6.07, 6.45) is 4.75. The van der Waals surface area contributed by atoms with Crippen LogP contribution in [0.2, 0.25) is 0 Å². The number of thiazole rings is 1. The van der Waals surface area contributed by atoms with Crippen LogP contribution in [0.4, 0.5) is 14.9 Å². The van der Waals surface area contributed by atoms with Gasteiger partial charge in [0.1, 0.15) is 5.82 Å². The van der Waals surface area contributed by atoms with Gasteiger partial charge in [0.25, 0.3) is 0 Å². The first-order valence-electron chi connectivity index (χ1n) is 10.1. The first-order valence-corrected chi connectivity index (χ1v) is 10.9. The molecule has 9 heteroatoms. The van der Waals surface area contributed by atoms with E-state index in [0.29, 0.717) is 30.4 Å². The van der Waals surface area contributed by atoms with Gasteiger partial charge in [-0.25, -0.2) is 14.2 Å². The lowest BCUT2D eigenvalue weighted by molar-refractivity contribution is -0.114. The zero-order valence-corrected chi connectivity index (χ0v) is 17.5. The number of carbonyl (C=O) groups is 2. The van der Waals surface area contributed by atoms with Crippen molar-refractivity contribution in [3.63, 3.8) is 0 Å². The van der Waals surface area contributed by atoms with E-state index in [4.69, 9.17) is 9.47 Å². The van der Waals surface area contributed by atoms with Crippen molar-refractivity contribution in [2.24, 2.45) is 0 Å². The molecule has 1 aromatic heterocycles. The predicted molar refractivity (Wildman–Crippen MR) is 111 cm³/mol. The van der Waals surface area contributed by atoms with Crippen LogP contribution in [-0.2, 0) is 14.3 Å². The van der Waals surface area contributed by atoms with Gasteiger partial charge in [0.05, 0.1) is 23.1 Å². The summed E-state index contributed by atoms with van der Waals surface area (Å²) in [5, 5.41) is 6.50. The van der Waals surface area contributed by atoms with Crippen molar-refractivity contribution in [2.45, 2.75) is 50.7 Å². The Bertz CT molecular complexity index is 923.